The number of thioether (sulfide) groups is 1. The predicted molar refractivity (Wildman–Crippen MR) is 188 cm³/mol. The van der Waals surface area contributed by atoms with Crippen molar-refractivity contribution in [1.82, 2.24) is 10.6 Å². The fraction of sp³-hybridized carbons (Fsp3) is 0.944. The Labute approximate surface area is 288 Å². The first-order chi connectivity index (χ1) is 22.3. The molecule has 3 aliphatic rings. The van der Waals surface area contributed by atoms with Gasteiger partial charge in [0, 0.05) is 13.0 Å². The van der Waals surface area contributed by atoms with Crippen molar-refractivity contribution in [2.75, 3.05) is 19.3 Å². The zero-order chi connectivity index (χ0) is 33.1. The van der Waals surface area contributed by atoms with Crippen LogP contribution in [0.2, 0.25) is 0 Å². The highest BCUT2D eigenvalue weighted by Gasteiger charge is 2.46. The molecular weight excluding hydrogens is 624 g/mol. The molecule has 268 valence electrons. The van der Waals surface area contributed by atoms with Crippen LogP contribution >= 0.6 is 23.4 Å². The van der Waals surface area contributed by atoms with Crippen LogP contribution in [-0.2, 0) is 19.1 Å². The third-order valence-electron chi connectivity index (χ3n) is 10.1. The molecule has 4 N–H and O–H groups in total. The van der Waals surface area contributed by atoms with Gasteiger partial charge in [-0.3, -0.25) is 9.59 Å². The lowest BCUT2D eigenvalue weighted by atomic mass is 9.93. The molecule has 0 aromatic rings. The van der Waals surface area contributed by atoms with Gasteiger partial charge in [0.2, 0.25) is 5.91 Å². The summed E-state index contributed by atoms with van der Waals surface area (Å²) in [7, 11) is 0. The van der Waals surface area contributed by atoms with Crippen LogP contribution in [0.15, 0.2) is 0 Å². The first kappa shape index (κ1) is 39.9. The van der Waals surface area contributed by atoms with Gasteiger partial charge in [0.05, 0.1) is 17.5 Å². The van der Waals surface area contributed by atoms with Crippen LogP contribution in [0.5, 0.6) is 0 Å². The molecule has 3 rings (SSSR count). The number of halogens is 1. The molecule has 1 amide bonds. The van der Waals surface area contributed by atoms with Crippen molar-refractivity contribution < 1.29 is 29.3 Å². The standard InChI is InChI=1S/C36H65ClN2O6S/c1-3-4-5-6-7-8-9-10-11-12-13-14-15-16-31(40)45-34-33(42)32(41)30(44-36(34)46-2)24-28(37)25-39-35(43)29-20-19-27(21-22-38-29)23-26-17-18-26/h26-30,32-34,36,38,41-42H,3-25H2,1-2H3,(H,39,43). The van der Waals surface area contributed by atoms with Gasteiger partial charge in [-0.2, -0.15) is 0 Å². The van der Waals surface area contributed by atoms with Gasteiger partial charge in [0.1, 0.15) is 17.6 Å². The van der Waals surface area contributed by atoms with Crippen molar-refractivity contribution in [3.63, 3.8) is 0 Å². The van der Waals surface area contributed by atoms with Crippen LogP contribution in [-0.4, -0.2) is 82.7 Å². The summed E-state index contributed by atoms with van der Waals surface area (Å²) in [6, 6.07) is -0.206. The van der Waals surface area contributed by atoms with Crippen molar-refractivity contribution in [1.29, 1.82) is 0 Å². The lowest BCUT2D eigenvalue weighted by Gasteiger charge is -2.42. The van der Waals surface area contributed by atoms with E-state index in [9.17, 15) is 19.8 Å². The fourth-order valence-electron chi connectivity index (χ4n) is 6.98. The molecular formula is C36H65ClN2O6S. The van der Waals surface area contributed by atoms with Crippen LogP contribution in [0.3, 0.4) is 0 Å². The number of hydrogen-bond acceptors (Lipinski definition) is 8. The first-order valence-corrected chi connectivity index (χ1v) is 20.4. The van der Waals surface area contributed by atoms with Gasteiger partial charge in [-0.05, 0) is 63.2 Å². The van der Waals surface area contributed by atoms with Crippen LogP contribution in [0, 0.1) is 11.8 Å². The lowest BCUT2D eigenvalue weighted by Crippen LogP contribution is -2.58. The molecule has 2 heterocycles. The molecule has 8 atom stereocenters. The lowest BCUT2D eigenvalue weighted by molar-refractivity contribution is -0.214. The summed E-state index contributed by atoms with van der Waals surface area (Å²) in [5.41, 5.74) is -0.615. The van der Waals surface area contributed by atoms with Crippen LogP contribution in [0.1, 0.15) is 142 Å². The van der Waals surface area contributed by atoms with E-state index in [1.54, 1.807) is 0 Å². The number of ether oxygens (including phenoxy) is 2. The molecule has 3 fully saturated rings. The zero-order valence-electron chi connectivity index (χ0n) is 28.8. The highest BCUT2D eigenvalue weighted by atomic mass is 35.5. The summed E-state index contributed by atoms with van der Waals surface area (Å²) in [6.07, 6.45) is 21.3. The molecule has 2 aliphatic heterocycles. The van der Waals surface area contributed by atoms with E-state index in [2.05, 4.69) is 17.6 Å². The molecule has 0 spiro atoms. The number of nitrogens with one attached hydrogen (secondary N) is 2. The number of unbranched alkanes of at least 4 members (excludes halogenated alkanes) is 12. The van der Waals surface area contributed by atoms with Crippen molar-refractivity contribution in [3.05, 3.63) is 0 Å². The Morgan fingerprint density at radius 3 is 2.09 bits per heavy atom. The average Bonchev–Trinajstić information content (AvgIpc) is 3.89. The van der Waals surface area contributed by atoms with Gasteiger partial charge in [0.25, 0.3) is 0 Å². The Balaban J connectivity index is 1.27. The molecule has 0 radical (unpaired) electrons. The molecule has 8 nitrogen and oxygen atoms in total. The third kappa shape index (κ3) is 15.3. The Hall–Kier alpha value is -0.580. The molecule has 1 aliphatic carbocycles. The molecule has 8 unspecified atom stereocenters. The Kier molecular flexibility index (Phi) is 19.9. The van der Waals surface area contributed by atoms with Crippen molar-refractivity contribution in [3.8, 4) is 0 Å². The molecule has 0 bridgehead atoms. The summed E-state index contributed by atoms with van der Waals surface area (Å²) in [6.45, 7) is 3.36. The minimum Gasteiger partial charge on any atom is -0.456 e. The van der Waals surface area contributed by atoms with Crippen LogP contribution in [0.4, 0.5) is 0 Å². The molecule has 1 saturated carbocycles. The van der Waals surface area contributed by atoms with Gasteiger partial charge >= 0.3 is 5.97 Å². The smallest absolute Gasteiger partial charge is 0.306 e. The van der Waals surface area contributed by atoms with E-state index in [0.29, 0.717) is 12.3 Å². The van der Waals surface area contributed by atoms with Crippen LogP contribution in [0.25, 0.3) is 0 Å². The molecule has 2 saturated heterocycles. The van der Waals surface area contributed by atoms with E-state index >= 15 is 0 Å². The van der Waals surface area contributed by atoms with Gasteiger partial charge in [-0.25, -0.2) is 0 Å². The highest BCUT2D eigenvalue weighted by molar-refractivity contribution is 7.99. The molecule has 0 aromatic heterocycles. The molecule has 10 heteroatoms. The number of carbonyl (C=O) groups is 2. The minimum atomic E-state index is -1.27. The Morgan fingerprint density at radius 2 is 1.48 bits per heavy atom. The van der Waals surface area contributed by atoms with E-state index < -0.39 is 35.2 Å². The second-order valence-corrected chi connectivity index (χ2v) is 15.8. The SMILES string of the molecule is CCCCCCCCCCCCCCCC(=O)OC1C(SC)OC(CC(Cl)CNC(=O)C2CCC(CC3CC3)CCN2)C(O)C1O. The van der Waals surface area contributed by atoms with Crippen LogP contribution < -0.4 is 10.6 Å². The Bertz CT molecular complexity index is 849. The van der Waals surface area contributed by atoms with Gasteiger partial charge in [0.15, 0.2) is 6.10 Å². The monoisotopic (exact) mass is 688 g/mol. The number of aliphatic hydroxyl groups is 2. The Morgan fingerprint density at radius 1 is 0.891 bits per heavy atom. The molecule has 46 heavy (non-hydrogen) atoms. The summed E-state index contributed by atoms with van der Waals surface area (Å²) >= 11 is 7.92. The number of hydrogen-bond donors (Lipinski definition) is 4. The van der Waals surface area contributed by atoms with Gasteiger partial charge < -0.3 is 30.3 Å². The average molecular weight is 689 g/mol. The number of aliphatic hydroxyl groups excluding tert-OH is 2. The van der Waals surface area contributed by atoms with Crippen molar-refractivity contribution >= 4 is 35.2 Å². The van der Waals surface area contributed by atoms with Crippen molar-refractivity contribution in [2.45, 2.75) is 183 Å². The third-order valence-corrected chi connectivity index (χ3v) is 11.3. The van der Waals surface area contributed by atoms with E-state index in [4.69, 9.17) is 21.1 Å². The second kappa shape index (κ2) is 22.9. The number of alkyl halides is 1. The first-order valence-electron chi connectivity index (χ1n) is 18.7. The van der Waals surface area contributed by atoms with Gasteiger partial charge in [-0.15, -0.1) is 23.4 Å². The van der Waals surface area contributed by atoms with E-state index in [0.717, 1.165) is 51.0 Å². The van der Waals surface area contributed by atoms with E-state index in [1.165, 1.54) is 95.2 Å². The maximum Gasteiger partial charge on any atom is 0.306 e. The maximum absolute atomic E-state index is 12.9. The molecule has 0 aromatic carbocycles. The van der Waals surface area contributed by atoms with Gasteiger partial charge in [-0.1, -0.05) is 96.8 Å². The number of carbonyl (C=O) groups excluding carboxylic acids is 2. The summed E-state index contributed by atoms with van der Waals surface area (Å²) in [5, 5.41) is 27.6. The summed E-state index contributed by atoms with van der Waals surface area (Å²) in [4.78, 5) is 25.5. The normalized spacial score (nSPS) is 29.2. The maximum atomic E-state index is 12.9. The summed E-state index contributed by atoms with van der Waals surface area (Å²) < 4.78 is 11.7. The fourth-order valence-corrected chi connectivity index (χ4v) is 7.97. The largest absolute Gasteiger partial charge is 0.456 e. The number of esters is 1. The minimum absolute atomic E-state index is 0.0414. The second-order valence-electron chi connectivity index (χ2n) is 14.2. The number of rotatable bonds is 23. The quantitative estimate of drug-likeness (QED) is 0.0523. The number of amides is 1. The summed E-state index contributed by atoms with van der Waals surface area (Å²) in [5.74, 6) is 1.21. The predicted octanol–water partition coefficient (Wildman–Crippen LogP) is 6.86. The zero-order valence-corrected chi connectivity index (χ0v) is 30.3. The highest BCUT2D eigenvalue weighted by Crippen LogP contribution is 2.38. The van der Waals surface area contributed by atoms with Crippen molar-refractivity contribution in [2.24, 2.45) is 11.8 Å². The van der Waals surface area contributed by atoms with E-state index in [1.807, 2.05) is 6.26 Å². The topological polar surface area (TPSA) is 117 Å². The van der Waals surface area contributed by atoms with E-state index in [-0.39, 0.29) is 30.9 Å².